The maximum Gasteiger partial charge on any atom is 0.119 e. The highest BCUT2D eigenvalue weighted by Crippen LogP contribution is 2.25. The molecule has 1 atom stereocenters. The molecule has 1 aliphatic heterocycles. The van der Waals surface area contributed by atoms with E-state index in [1.807, 2.05) is 41.9 Å². The summed E-state index contributed by atoms with van der Waals surface area (Å²) in [5, 5.41) is 13.9. The minimum atomic E-state index is -0.729. The number of hydrogen-bond donors (Lipinski definition) is 1. The summed E-state index contributed by atoms with van der Waals surface area (Å²) in [5.74, 6) is 0.819. The topological polar surface area (TPSA) is 45.6 Å². The van der Waals surface area contributed by atoms with Crippen LogP contribution in [0.15, 0.2) is 41.9 Å². The van der Waals surface area contributed by atoms with E-state index in [-0.39, 0.29) is 0 Å². The maximum atomic E-state index is 10.8. The molecule has 1 aliphatic rings. The monoisotopic (exact) mass is 318 g/mol. The molecule has 0 bridgehead atoms. The molecule has 1 aromatic heterocycles. The lowest BCUT2D eigenvalue weighted by molar-refractivity contribution is -0.0168. The molecule has 2 aromatic rings. The van der Waals surface area contributed by atoms with Gasteiger partial charge in [-0.2, -0.15) is 0 Å². The van der Waals surface area contributed by atoms with E-state index < -0.39 is 5.60 Å². The summed E-state index contributed by atoms with van der Waals surface area (Å²) in [6, 6.07) is 9.71. The third kappa shape index (κ3) is 4.29. The zero-order valence-corrected chi connectivity index (χ0v) is 13.5. The van der Waals surface area contributed by atoms with E-state index in [0.717, 1.165) is 49.7 Å². The van der Waals surface area contributed by atoms with Crippen LogP contribution in [0.1, 0.15) is 24.3 Å². The lowest BCUT2D eigenvalue weighted by atomic mass is 9.96. The first kappa shape index (κ1) is 15.5. The molecule has 0 amide bonds. The number of rotatable bonds is 5. The molecule has 0 saturated carbocycles. The number of likely N-dealkylation sites (tertiary alicyclic amines) is 1. The Morgan fingerprint density at radius 3 is 2.86 bits per heavy atom. The fourth-order valence-corrected chi connectivity index (χ4v) is 3.45. The third-order valence-electron chi connectivity index (χ3n) is 4.10. The predicted molar refractivity (Wildman–Crippen MR) is 88.1 cm³/mol. The van der Waals surface area contributed by atoms with Crippen molar-refractivity contribution in [2.75, 3.05) is 19.7 Å². The molecule has 0 spiro atoms. The Labute approximate surface area is 135 Å². The molecule has 22 heavy (non-hydrogen) atoms. The number of hydrogen-bond acceptors (Lipinski definition) is 5. The van der Waals surface area contributed by atoms with Crippen molar-refractivity contribution in [1.29, 1.82) is 0 Å². The van der Waals surface area contributed by atoms with Crippen molar-refractivity contribution in [2.45, 2.75) is 31.4 Å². The maximum absolute atomic E-state index is 10.8. The second-order valence-corrected chi connectivity index (χ2v) is 6.86. The molecule has 4 nitrogen and oxygen atoms in total. The van der Waals surface area contributed by atoms with Crippen LogP contribution in [0.25, 0.3) is 0 Å². The number of aromatic nitrogens is 1. The van der Waals surface area contributed by atoms with Crippen LogP contribution in [0.5, 0.6) is 5.75 Å². The quantitative estimate of drug-likeness (QED) is 0.921. The van der Waals surface area contributed by atoms with Gasteiger partial charge in [-0.1, -0.05) is 18.2 Å². The van der Waals surface area contributed by atoms with E-state index in [4.69, 9.17) is 4.74 Å². The first-order valence-corrected chi connectivity index (χ1v) is 8.62. The van der Waals surface area contributed by atoms with Gasteiger partial charge in [-0.25, -0.2) is 4.98 Å². The van der Waals surface area contributed by atoms with Gasteiger partial charge < -0.3 is 9.84 Å². The van der Waals surface area contributed by atoms with Gasteiger partial charge in [0.25, 0.3) is 0 Å². The van der Waals surface area contributed by atoms with E-state index in [9.17, 15) is 5.11 Å². The third-order valence-corrected chi connectivity index (χ3v) is 4.87. The van der Waals surface area contributed by atoms with Gasteiger partial charge in [-0.3, -0.25) is 4.90 Å². The minimum absolute atomic E-state index is 0.363. The van der Waals surface area contributed by atoms with E-state index in [0.29, 0.717) is 6.61 Å². The summed E-state index contributed by atoms with van der Waals surface area (Å²) < 4.78 is 5.77. The smallest absolute Gasteiger partial charge is 0.119 e. The molecular weight excluding hydrogens is 296 g/mol. The van der Waals surface area contributed by atoms with Crippen molar-refractivity contribution in [2.24, 2.45) is 0 Å². The van der Waals surface area contributed by atoms with Crippen molar-refractivity contribution in [3.05, 3.63) is 46.9 Å². The summed E-state index contributed by atoms with van der Waals surface area (Å²) in [4.78, 5) is 6.72. The molecule has 1 N–H and O–H groups in total. The van der Waals surface area contributed by atoms with Gasteiger partial charge in [0.15, 0.2) is 0 Å². The summed E-state index contributed by atoms with van der Waals surface area (Å²) in [5.41, 5.74) is -0.729. The average Bonchev–Trinajstić information content (AvgIpc) is 2.98. The number of aliphatic hydroxyl groups is 1. The first-order chi connectivity index (χ1) is 10.7. The van der Waals surface area contributed by atoms with Crippen molar-refractivity contribution in [1.82, 2.24) is 9.88 Å². The number of ether oxygens (including phenoxy) is 1. The number of benzene rings is 1. The average molecular weight is 318 g/mol. The number of nitrogens with zero attached hydrogens (tertiary/aromatic N) is 2. The molecule has 2 heterocycles. The highest BCUT2D eigenvalue weighted by atomic mass is 32.1. The van der Waals surface area contributed by atoms with Crippen LogP contribution in [0.2, 0.25) is 0 Å². The standard InChI is InChI=1S/C17H22N2O2S/c20-17(14-21-15-5-2-1-3-6-15)7-4-10-19(11-8-17)13-16-18-9-12-22-16/h1-3,5-6,9,12,20H,4,7-8,10-11,13-14H2. The van der Waals surface area contributed by atoms with E-state index in [1.54, 1.807) is 11.3 Å². The van der Waals surface area contributed by atoms with E-state index >= 15 is 0 Å². The van der Waals surface area contributed by atoms with Crippen molar-refractivity contribution in [3.63, 3.8) is 0 Å². The fraction of sp³-hybridized carbons (Fsp3) is 0.471. The minimum Gasteiger partial charge on any atom is -0.491 e. The molecule has 0 aliphatic carbocycles. The van der Waals surface area contributed by atoms with Crippen molar-refractivity contribution in [3.8, 4) is 5.75 Å². The van der Waals surface area contributed by atoms with Crippen LogP contribution >= 0.6 is 11.3 Å². The van der Waals surface area contributed by atoms with Gasteiger partial charge in [-0.15, -0.1) is 11.3 Å². The predicted octanol–water partition coefficient (Wildman–Crippen LogP) is 2.94. The summed E-state index contributed by atoms with van der Waals surface area (Å²) >= 11 is 1.69. The molecule has 1 saturated heterocycles. The van der Waals surface area contributed by atoms with Crippen LogP contribution in [0, 0.1) is 0 Å². The highest BCUT2D eigenvalue weighted by Gasteiger charge is 2.31. The van der Waals surface area contributed by atoms with Crippen molar-refractivity contribution < 1.29 is 9.84 Å². The molecule has 5 heteroatoms. The Kier molecular flexibility index (Phi) is 5.08. The Balaban J connectivity index is 1.52. The number of thiazole rings is 1. The summed E-state index contributed by atoms with van der Waals surface area (Å²) in [6.45, 7) is 3.14. The summed E-state index contributed by atoms with van der Waals surface area (Å²) in [7, 11) is 0. The van der Waals surface area contributed by atoms with E-state index in [2.05, 4.69) is 9.88 Å². The first-order valence-electron chi connectivity index (χ1n) is 7.74. The van der Waals surface area contributed by atoms with Gasteiger partial charge in [0.2, 0.25) is 0 Å². The zero-order valence-electron chi connectivity index (χ0n) is 12.6. The van der Waals surface area contributed by atoms with Gasteiger partial charge in [-0.05, 0) is 37.9 Å². The van der Waals surface area contributed by atoms with Crippen LogP contribution < -0.4 is 4.74 Å². The van der Waals surface area contributed by atoms with Crippen LogP contribution in [0.4, 0.5) is 0 Å². The van der Waals surface area contributed by atoms with Crippen molar-refractivity contribution >= 4 is 11.3 Å². The number of para-hydroxylation sites is 1. The largest absolute Gasteiger partial charge is 0.491 e. The van der Waals surface area contributed by atoms with Gasteiger partial charge in [0, 0.05) is 18.1 Å². The van der Waals surface area contributed by atoms with Crippen LogP contribution in [-0.4, -0.2) is 40.3 Å². The van der Waals surface area contributed by atoms with Crippen LogP contribution in [0.3, 0.4) is 0 Å². The normalized spacial score (nSPS) is 23.1. The van der Waals surface area contributed by atoms with Crippen LogP contribution in [-0.2, 0) is 6.54 Å². The fourth-order valence-electron chi connectivity index (χ4n) is 2.79. The molecule has 1 aromatic carbocycles. The molecule has 3 rings (SSSR count). The van der Waals surface area contributed by atoms with Gasteiger partial charge in [0.05, 0.1) is 12.1 Å². The second kappa shape index (κ2) is 7.22. The second-order valence-electron chi connectivity index (χ2n) is 5.88. The summed E-state index contributed by atoms with van der Waals surface area (Å²) in [6.07, 6.45) is 4.36. The molecule has 0 radical (unpaired) electrons. The molecular formula is C17H22N2O2S. The Morgan fingerprint density at radius 1 is 1.23 bits per heavy atom. The Bertz CT molecular complexity index is 561. The highest BCUT2D eigenvalue weighted by molar-refractivity contribution is 7.09. The lowest BCUT2D eigenvalue weighted by Gasteiger charge is -2.26. The Morgan fingerprint density at radius 2 is 2.09 bits per heavy atom. The Hall–Kier alpha value is -1.43. The lowest BCUT2D eigenvalue weighted by Crippen LogP contribution is -2.37. The molecule has 1 unspecified atom stereocenters. The van der Waals surface area contributed by atoms with Gasteiger partial charge in [0.1, 0.15) is 17.4 Å². The zero-order chi connectivity index (χ0) is 15.3. The SMILES string of the molecule is OC1(COc2ccccc2)CCCN(Cc2nccs2)CC1. The van der Waals surface area contributed by atoms with E-state index in [1.165, 1.54) is 0 Å². The van der Waals surface area contributed by atoms with Gasteiger partial charge >= 0.3 is 0 Å². The molecule has 118 valence electrons. The molecule has 1 fully saturated rings.